The molecule has 0 spiro atoms. The first-order valence-electron chi connectivity index (χ1n) is 6.20. The fourth-order valence-corrected chi connectivity index (χ4v) is 2.03. The highest BCUT2D eigenvalue weighted by Crippen LogP contribution is 2.38. The summed E-state index contributed by atoms with van der Waals surface area (Å²) >= 11 is 0. The van der Waals surface area contributed by atoms with Crippen LogP contribution in [0.3, 0.4) is 0 Å². The molecule has 2 aromatic carbocycles. The Morgan fingerprint density at radius 2 is 1.67 bits per heavy atom. The number of benzene rings is 2. The lowest BCUT2D eigenvalue weighted by Crippen LogP contribution is -2.17. The fourth-order valence-electron chi connectivity index (χ4n) is 2.03. The van der Waals surface area contributed by atoms with E-state index in [1.165, 1.54) is 5.56 Å². The van der Waals surface area contributed by atoms with Gasteiger partial charge in [0.2, 0.25) is 5.79 Å². The van der Waals surface area contributed by atoms with Crippen LogP contribution in [-0.4, -0.2) is 11.9 Å². The molecule has 0 aromatic heterocycles. The first-order chi connectivity index (χ1) is 8.67. The van der Waals surface area contributed by atoms with Crippen LogP contribution in [0.4, 0.5) is 0 Å². The smallest absolute Gasteiger partial charge is 0.234 e. The van der Waals surface area contributed by atoms with Crippen molar-refractivity contribution in [3.8, 4) is 16.9 Å². The third-order valence-electron chi connectivity index (χ3n) is 3.35. The van der Waals surface area contributed by atoms with E-state index in [0.717, 1.165) is 11.3 Å². The molecule has 0 radical (unpaired) electrons. The van der Waals surface area contributed by atoms with E-state index in [1.807, 2.05) is 44.2 Å². The summed E-state index contributed by atoms with van der Waals surface area (Å²) in [7, 11) is 0. The van der Waals surface area contributed by atoms with Gasteiger partial charge in [-0.25, -0.2) is 0 Å². The lowest BCUT2D eigenvalue weighted by Gasteiger charge is -2.11. The lowest BCUT2D eigenvalue weighted by atomic mass is 10.1. The van der Waals surface area contributed by atoms with E-state index < -0.39 is 5.79 Å². The van der Waals surface area contributed by atoms with Crippen LogP contribution in [0.15, 0.2) is 54.6 Å². The van der Waals surface area contributed by atoms with Crippen LogP contribution < -0.4 is 4.74 Å². The van der Waals surface area contributed by atoms with Crippen molar-refractivity contribution in [3.05, 3.63) is 54.6 Å². The number of ether oxygens (including phenoxy) is 2. The topological polar surface area (TPSA) is 21.8 Å². The summed E-state index contributed by atoms with van der Waals surface area (Å²) < 4.78 is 11.3. The van der Waals surface area contributed by atoms with Crippen molar-refractivity contribution in [2.24, 2.45) is 0 Å². The van der Waals surface area contributed by atoms with Crippen molar-refractivity contribution in [1.29, 1.82) is 0 Å². The highest BCUT2D eigenvalue weighted by Gasteiger charge is 2.52. The predicted molar refractivity (Wildman–Crippen MR) is 71.5 cm³/mol. The second kappa shape index (κ2) is 4.14. The van der Waals surface area contributed by atoms with Crippen molar-refractivity contribution in [1.82, 2.24) is 0 Å². The monoisotopic (exact) mass is 240 g/mol. The van der Waals surface area contributed by atoms with Crippen LogP contribution in [0.25, 0.3) is 11.1 Å². The van der Waals surface area contributed by atoms with Gasteiger partial charge in [-0.05, 0) is 30.2 Å². The van der Waals surface area contributed by atoms with Crippen molar-refractivity contribution < 1.29 is 9.47 Å². The zero-order valence-electron chi connectivity index (χ0n) is 10.6. The Labute approximate surface area is 107 Å². The largest absolute Gasteiger partial charge is 0.460 e. The fraction of sp³-hybridized carbons (Fsp3) is 0.250. The molecule has 2 nitrogen and oxygen atoms in total. The lowest BCUT2D eigenvalue weighted by molar-refractivity contribution is 0.0803. The molecule has 2 heteroatoms. The molecule has 0 amide bonds. The first kappa shape index (κ1) is 11.3. The van der Waals surface area contributed by atoms with Crippen LogP contribution in [0.1, 0.15) is 13.8 Å². The van der Waals surface area contributed by atoms with Gasteiger partial charge in [0, 0.05) is 6.92 Å². The van der Waals surface area contributed by atoms with Gasteiger partial charge in [-0.1, -0.05) is 42.5 Å². The SMILES string of the molecule is CC1OC1(C)Oc1cccc(-c2ccccc2)c1. The number of hydrogen-bond donors (Lipinski definition) is 0. The van der Waals surface area contributed by atoms with Gasteiger partial charge in [0.15, 0.2) is 0 Å². The van der Waals surface area contributed by atoms with E-state index in [0.29, 0.717) is 0 Å². The Balaban J connectivity index is 1.86. The normalized spacial score (nSPS) is 25.8. The van der Waals surface area contributed by atoms with E-state index in [2.05, 4.69) is 24.3 Å². The van der Waals surface area contributed by atoms with Gasteiger partial charge in [-0.3, -0.25) is 0 Å². The third-order valence-corrected chi connectivity index (χ3v) is 3.35. The summed E-state index contributed by atoms with van der Waals surface area (Å²) in [5, 5.41) is 0. The molecule has 2 unspecified atom stereocenters. The maximum Gasteiger partial charge on any atom is 0.234 e. The first-order valence-corrected chi connectivity index (χ1v) is 6.20. The molecule has 0 N–H and O–H groups in total. The molecular weight excluding hydrogens is 224 g/mol. The highest BCUT2D eigenvalue weighted by atomic mass is 16.8. The summed E-state index contributed by atoms with van der Waals surface area (Å²) in [4.78, 5) is 0. The Morgan fingerprint density at radius 3 is 2.33 bits per heavy atom. The summed E-state index contributed by atoms with van der Waals surface area (Å²) in [6, 6.07) is 18.4. The molecule has 1 saturated heterocycles. The Bertz CT molecular complexity index is 550. The molecule has 0 saturated carbocycles. The second-order valence-corrected chi connectivity index (χ2v) is 4.77. The van der Waals surface area contributed by atoms with Gasteiger partial charge in [-0.2, -0.15) is 0 Å². The number of hydrogen-bond acceptors (Lipinski definition) is 2. The second-order valence-electron chi connectivity index (χ2n) is 4.77. The van der Waals surface area contributed by atoms with Gasteiger partial charge in [0.25, 0.3) is 0 Å². The molecule has 1 aliphatic heterocycles. The summed E-state index contributed by atoms with van der Waals surface area (Å²) in [5.41, 5.74) is 2.35. The van der Waals surface area contributed by atoms with E-state index in [9.17, 15) is 0 Å². The van der Waals surface area contributed by atoms with Gasteiger partial charge >= 0.3 is 0 Å². The third kappa shape index (κ3) is 2.12. The zero-order valence-corrected chi connectivity index (χ0v) is 10.6. The standard InChI is InChI=1S/C16H16O2/c1-12-16(2,17-12)18-15-10-6-9-14(11-15)13-7-4-3-5-8-13/h3-12H,1-2H3. The van der Waals surface area contributed by atoms with Crippen molar-refractivity contribution in [2.45, 2.75) is 25.7 Å². The van der Waals surface area contributed by atoms with E-state index in [4.69, 9.17) is 9.47 Å². The molecule has 1 heterocycles. The molecular formula is C16H16O2. The minimum absolute atomic E-state index is 0.165. The molecule has 0 bridgehead atoms. The van der Waals surface area contributed by atoms with Crippen LogP contribution in [0, 0.1) is 0 Å². The molecule has 3 rings (SSSR count). The molecule has 0 aliphatic carbocycles. The van der Waals surface area contributed by atoms with Crippen molar-refractivity contribution in [3.63, 3.8) is 0 Å². The van der Waals surface area contributed by atoms with Gasteiger partial charge in [-0.15, -0.1) is 0 Å². The molecule has 92 valence electrons. The van der Waals surface area contributed by atoms with Crippen LogP contribution in [0.5, 0.6) is 5.75 Å². The average Bonchev–Trinajstić information content (AvgIpc) is 2.97. The maximum atomic E-state index is 5.86. The van der Waals surface area contributed by atoms with E-state index in [-0.39, 0.29) is 6.10 Å². The minimum atomic E-state index is -0.449. The number of rotatable bonds is 3. The highest BCUT2D eigenvalue weighted by molar-refractivity contribution is 5.64. The van der Waals surface area contributed by atoms with Crippen molar-refractivity contribution in [2.75, 3.05) is 0 Å². The summed E-state index contributed by atoms with van der Waals surface area (Å²) in [6.45, 7) is 3.98. The van der Waals surface area contributed by atoms with Crippen LogP contribution in [-0.2, 0) is 4.74 Å². The van der Waals surface area contributed by atoms with Gasteiger partial charge in [0.05, 0.1) is 0 Å². The minimum Gasteiger partial charge on any atom is -0.460 e. The molecule has 2 aromatic rings. The molecule has 1 aliphatic rings. The Kier molecular flexibility index (Phi) is 2.60. The van der Waals surface area contributed by atoms with Gasteiger partial charge in [0.1, 0.15) is 11.9 Å². The van der Waals surface area contributed by atoms with Crippen LogP contribution in [0.2, 0.25) is 0 Å². The predicted octanol–water partition coefficient (Wildman–Crippen LogP) is 3.87. The summed E-state index contributed by atoms with van der Waals surface area (Å²) in [6.07, 6.45) is 0.165. The van der Waals surface area contributed by atoms with Crippen LogP contribution >= 0.6 is 0 Å². The summed E-state index contributed by atoms with van der Waals surface area (Å²) in [5.74, 6) is 0.401. The molecule has 1 fully saturated rings. The Morgan fingerprint density at radius 1 is 1.00 bits per heavy atom. The average molecular weight is 240 g/mol. The zero-order chi connectivity index (χ0) is 12.6. The quantitative estimate of drug-likeness (QED) is 0.760. The Hall–Kier alpha value is -1.80. The van der Waals surface area contributed by atoms with Crippen molar-refractivity contribution >= 4 is 0 Å². The molecule has 18 heavy (non-hydrogen) atoms. The van der Waals surface area contributed by atoms with E-state index in [1.54, 1.807) is 0 Å². The maximum absolute atomic E-state index is 5.86. The molecule has 2 atom stereocenters. The number of epoxide rings is 1. The van der Waals surface area contributed by atoms with Gasteiger partial charge < -0.3 is 9.47 Å². The van der Waals surface area contributed by atoms with E-state index >= 15 is 0 Å².